The molecule has 0 unspecified atom stereocenters. The molecule has 1 aromatic heterocycles. The van der Waals surface area contributed by atoms with E-state index >= 15 is 0 Å². The van der Waals surface area contributed by atoms with Crippen molar-refractivity contribution in [2.45, 2.75) is 90.3 Å². The van der Waals surface area contributed by atoms with Gasteiger partial charge in [0.15, 0.2) is 13.9 Å². The molecule has 10 nitrogen and oxygen atoms in total. The molecule has 2 aliphatic rings. The minimum Gasteiger partial charge on any atom is -0.432 e. The number of para-hydroxylation sites is 1. The number of hydrogen-bond acceptors (Lipinski definition) is 7. The highest BCUT2D eigenvalue weighted by atomic mass is 28.4. The van der Waals surface area contributed by atoms with Gasteiger partial charge in [-0.1, -0.05) is 53.6 Å². The summed E-state index contributed by atoms with van der Waals surface area (Å²) in [4.78, 5) is 42.4. The van der Waals surface area contributed by atoms with E-state index in [0.717, 1.165) is 24.9 Å². The monoisotopic (exact) mass is 671 g/mol. The number of anilines is 3. The molecule has 2 amide bonds. The first kappa shape index (κ1) is 35.4. The summed E-state index contributed by atoms with van der Waals surface area (Å²) in [7, 11) is -2.88. The minimum atomic E-state index is -2.88. The summed E-state index contributed by atoms with van der Waals surface area (Å²) in [5.74, 6) is -0.491. The van der Waals surface area contributed by atoms with E-state index in [1.807, 2.05) is 74.7 Å². The highest BCUT2D eigenvalue weighted by molar-refractivity contribution is 6.71. The van der Waals surface area contributed by atoms with E-state index in [1.54, 1.807) is 14.5 Å². The number of aliphatic hydroxyl groups excluding tert-OH is 1. The average molecular weight is 672 g/mol. The minimum absolute atomic E-state index is 0.00712. The number of aromatic nitrogens is 3. The van der Waals surface area contributed by atoms with Crippen LogP contribution in [0.1, 0.15) is 58.2 Å². The number of rotatable bonds is 14. The van der Waals surface area contributed by atoms with Crippen molar-refractivity contribution in [1.29, 1.82) is 0 Å². The molecule has 5 rings (SSSR count). The Balaban J connectivity index is 1.55. The van der Waals surface area contributed by atoms with E-state index in [1.165, 1.54) is 11.1 Å². The summed E-state index contributed by atoms with van der Waals surface area (Å²) in [5, 5.41) is 17.7. The van der Waals surface area contributed by atoms with Crippen LogP contribution in [0.2, 0.25) is 18.6 Å². The molecule has 2 N–H and O–H groups in total. The van der Waals surface area contributed by atoms with Crippen LogP contribution in [0.4, 0.5) is 17.1 Å². The number of amides is 2. The number of carbonyl (C=O) groups excluding carboxylic acids is 2. The smallest absolute Gasteiger partial charge is 0.264 e. The number of carbonyl (C=O) groups is 2. The predicted octanol–water partition coefficient (Wildman–Crippen LogP) is 6.03. The number of allylic oxidation sites excluding steroid dienone is 3. The number of fused-ring (bicyclic) bond motifs is 2. The molecule has 2 aliphatic heterocycles. The second kappa shape index (κ2) is 14.7. The van der Waals surface area contributed by atoms with Crippen LogP contribution in [0, 0.1) is 5.92 Å². The fraction of sp³-hybridized carbons (Fsp3) is 0.459. The van der Waals surface area contributed by atoms with Crippen LogP contribution in [0.3, 0.4) is 0 Å². The lowest BCUT2D eigenvalue weighted by atomic mass is 9.82. The topological polar surface area (TPSA) is 121 Å². The molecule has 11 heteroatoms. The normalized spacial score (nSPS) is 22.3. The molecule has 48 heavy (non-hydrogen) atoms. The highest BCUT2D eigenvalue weighted by Gasteiger charge is 2.66. The molecule has 0 aliphatic carbocycles. The Hall–Kier alpha value is -3.90. The molecular weight excluding hydrogens is 623 g/mol. The van der Waals surface area contributed by atoms with Crippen molar-refractivity contribution < 1.29 is 24.2 Å². The zero-order chi connectivity index (χ0) is 34.6. The van der Waals surface area contributed by atoms with Gasteiger partial charge in [-0.2, -0.15) is 0 Å². The SMILES string of the molecule is CC(C)=CCC/C(C)=C/CN1C(=O)[C@@]2(O[C@@H](CCn3cc(CCO)nn3)[C@H]([Si](C)(C)O)[C@H]2C)c2cc(N(C=O)c3ccccc3)ccc21. The van der Waals surface area contributed by atoms with Gasteiger partial charge in [-0.3, -0.25) is 19.2 Å². The fourth-order valence-corrected chi connectivity index (χ4v) is 10.0. The molecule has 0 saturated carbocycles. The maximum Gasteiger partial charge on any atom is 0.264 e. The summed E-state index contributed by atoms with van der Waals surface area (Å²) in [6, 6.07) is 15.1. The summed E-state index contributed by atoms with van der Waals surface area (Å²) < 4.78 is 8.75. The van der Waals surface area contributed by atoms with Gasteiger partial charge in [0.2, 0.25) is 6.41 Å². The van der Waals surface area contributed by atoms with Crippen LogP contribution in [-0.2, 0) is 32.9 Å². The Labute approximate surface area is 284 Å². The van der Waals surface area contributed by atoms with Crippen molar-refractivity contribution in [2.75, 3.05) is 23.0 Å². The van der Waals surface area contributed by atoms with Crippen LogP contribution in [0.15, 0.2) is 78.0 Å². The molecule has 2 aromatic carbocycles. The standard InChI is InChI=1S/C37H49N5O5Si/c1-26(2)11-10-12-27(3)17-21-41-33-16-15-31(42(25-44)30-13-8-7-9-14-30)23-32(33)37(36(41)45)28(4)35(48(5,6)46)34(47-37)18-20-40-24-29(19-22-43)38-39-40/h7-9,11,13-17,23-25,28,34-35,43,46H,10,12,18-22H2,1-6H3/b27-17+/t28-,34+,35-,37+/m1/s1. The second-order valence-corrected chi connectivity index (χ2v) is 17.9. The zero-order valence-electron chi connectivity index (χ0n) is 29.0. The largest absolute Gasteiger partial charge is 0.432 e. The Kier molecular flexibility index (Phi) is 10.8. The van der Waals surface area contributed by atoms with Crippen molar-refractivity contribution >= 4 is 37.7 Å². The molecule has 0 bridgehead atoms. The average Bonchev–Trinajstić information content (AvgIpc) is 3.69. The highest BCUT2D eigenvalue weighted by Crippen LogP contribution is 2.60. The molecule has 256 valence electrons. The summed E-state index contributed by atoms with van der Waals surface area (Å²) in [6.07, 6.45) is 9.30. The Morgan fingerprint density at radius 1 is 1.10 bits per heavy atom. The first-order valence-electron chi connectivity index (χ1n) is 16.9. The van der Waals surface area contributed by atoms with Gasteiger partial charge in [0, 0.05) is 60.7 Å². The number of nitrogens with zero attached hydrogens (tertiary/aromatic N) is 5. The van der Waals surface area contributed by atoms with Crippen LogP contribution >= 0.6 is 0 Å². The zero-order valence-corrected chi connectivity index (χ0v) is 30.0. The number of hydrogen-bond donors (Lipinski definition) is 2. The maximum atomic E-state index is 14.9. The lowest BCUT2D eigenvalue weighted by Gasteiger charge is -2.32. The van der Waals surface area contributed by atoms with Gasteiger partial charge in [-0.05, 0) is 83.5 Å². The predicted molar refractivity (Wildman–Crippen MR) is 190 cm³/mol. The molecule has 3 aromatic rings. The van der Waals surface area contributed by atoms with Crippen molar-refractivity contribution in [1.82, 2.24) is 15.0 Å². The quantitative estimate of drug-likeness (QED) is 0.122. The summed E-state index contributed by atoms with van der Waals surface area (Å²) in [6.45, 7) is 13.0. The third kappa shape index (κ3) is 7.10. The van der Waals surface area contributed by atoms with Gasteiger partial charge in [-0.25, -0.2) is 0 Å². The third-order valence-corrected chi connectivity index (χ3v) is 12.2. The van der Waals surface area contributed by atoms with E-state index in [0.29, 0.717) is 48.6 Å². The van der Waals surface area contributed by atoms with Crippen LogP contribution < -0.4 is 9.80 Å². The molecule has 1 saturated heterocycles. The van der Waals surface area contributed by atoms with Gasteiger partial charge in [0.25, 0.3) is 5.91 Å². The lowest BCUT2D eigenvalue weighted by Crippen LogP contribution is -2.46. The van der Waals surface area contributed by atoms with Gasteiger partial charge >= 0.3 is 0 Å². The van der Waals surface area contributed by atoms with Crippen molar-refractivity contribution in [3.05, 3.63) is 89.3 Å². The lowest BCUT2D eigenvalue weighted by molar-refractivity contribution is -0.145. The van der Waals surface area contributed by atoms with Gasteiger partial charge in [0.1, 0.15) is 0 Å². The van der Waals surface area contributed by atoms with E-state index < -0.39 is 20.0 Å². The number of aryl methyl sites for hydroxylation is 1. The third-order valence-electron chi connectivity index (χ3n) is 9.70. The fourth-order valence-electron chi connectivity index (χ4n) is 7.40. The molecule has 3 heterocycles. The van der Waals surface area contributed by atoms with Crippen molar-refractivity contribution in [3.8, 4) is 0 Å². The first-order valence-corrected chi connectivity index (χ1v) is 19.9. The number of benzene rings is 2. The molecule has 0 radical (unpaired) electrons. The van der Waals surface area contributed by atoms with Crippen molar-refractivity contribution in [2.24, 2.45) is 5.92 Å². The van der Waals surface area contributed by atoms with Crippen LogP contribution in [-0.4, -0.2) is 64.8 Å². The van der Waals surface area contributed by atoms with Crippen LogP contribution in [0.25, 0.3) is 0 Å². The molecular formula is C37H49N5O5Si. The maximum absolute atomic E-state index is 14.9. The second-order valence-electron chi connectivity index (χ2n) is 13.9. The van der Waals surface area contributed by atoms with Crippen LogP contribution in [0.5, 0.6) is 0 Å². The molecule has 1 fully saturated rings. The summed E-state index contributed by atoms with van der Waals surface area (Å²) >= 11 is 0. The Morgan fingerprint density at radius 2 is 1.85 bits per heavy atom. The molecule has 4 atom stereocenters. The van der Waals surface area contributed by atoms with E-state index in [9.17, 15) is 19.5 Å². The summed E-state index contributed by atoms with van der Waals surface area (Å²) in [5.41, 5.74) is 4.41. The van der Waals surface area contributed by atoms with Gasteiger partial charge in [0.05, 0.1) is 17.5 Å². The Morgan fingerprint density at radius 3 is 2.52 bits per heavy atom. The number of ether oxygens (including phenoxy) is 1. The molecule has 1 spiro atoms. The van der Waals surface area contributed by atoms with E-state index in [2.05, 4.69) is 43.2 Å². The van der Waals surface area contributed by atoms with Gasteiger partial charge < -0.3 is 19.5 Å². The van der Waals surface area contributed by atoms with Crippen molar-refractivity contribution in [3.63, 3.8) is 0 Å². The van der Waals surface area contributed by atoms with E-state index in [-0.39, 0.29) is 24.0 Å². The first-order chi connectivity index (χ1) is 22.9. The number of aliphatic hydroxyl groups is 1. The van der Waals surface area contributed by atoms with E-state index in [4.69, 9.17) is 4.74 Å². The van der Waals surface area contributed by atoms with Gasteiger partial charge in [-0.15, -0.1) is 5.10 Å². The Bertz CT molecular complexity index is 1660.